The molecule has 10 atom stereocenters. The number of aliphatic hydroxyl groups is 7. The first-order valence-electron chi connectivity index (χ1n) is 12.1. The van der Waals surface area contributed by atoms with Crippen LogP contribution in [0.3, 0.4) is 0 Å². The highest BCUT2D eigenvalue weighted by Gasteiger charge is 2.50. The summed E-state index contributed by atoms with van der Waals surface area (Å²) in [6.07, 6.45) is -13.1. The van der Waals surface area contributed by atoms with Gasteiger partial charge in [0.15, 0.2) is 17.7 Å². The lowest BCUT2D eigenvalue weighted by Gasteiger charge is -2.46. The van der Waals surface area contributed by atoms with Crippen molar-refractivity contribution >= 4 is 29.0 Å². The first kappa shape index (κ1) is 29.8. The summed E-state index contributed by atoms with van der Waals surface area (Å²) in [6, 6.07) is 6.86. The molecule has 8 N–H and O–H groups in total. The number of carbonyl (C=O) groups excluding carboxylic acids is 1. The number of hydrogen-bond donors (Lipinski definition) is 8. The van der Waals surface area contributed by atoms with Gasteiger partial charge in [-0.25, -0.2) is 4.79 Å². The van der Waals surface area contributed by atoms with Crippen molar-refractivity contribution in [2.24, 2.45) is 4.99 Å². The molecule has 14 nitrogen and oxygen atoms in total. The third-order valence-corrected chi connectivity index (χ3v) is 7.46. The SMILES string of the molecule is COC(=O)c1cccc(/C=C2\CN=C(N[C@@H]3O[C@H](CO)[C@@H](O[C@@H]4O[C@H](CO)[C@H](O)[C@H](O)[C@H]4O)[C@H](O)[C@H]3O)S2)c1. The summed E-state index contributed by atoms with van der Waals surface area (Å²) in [6.45, 7) is -1.02. The van der Waals surface area contributed by atoms with Gasteiger partial charge in [0.2, 0.25) is 0 Å². The summed E-state index contributed by atoms with van der Waals surface area (Å²) in [7, 11) is 1.30. The molecule has 0 aromatic heterocycles. The Hall–Kier alpha value is -2.15. The molecule has 3 heterocycles. The first-order valence-corrected chi connectivity index (χ1v) is 12.9. The largest absolute Gasteiger partial charge is 0.465 e. The average molecular weight is 573 g/mol. The summed E-state index contributed by atoms with van der Waals surface area (Å²) in [5, 5.41) is 74.2. The Morgan fingerprint density at radius 2 is 1.79 bits per heavy atom. The zero-order valence-corrected chi connectivity index (χ0v) is 21.6. The minimum Gasteiger partial charge on any atom is -0.465 e. The molecule has 0 saturated carbocycles. The van der Waals surface area contributed by atoms with E-state index in [4.69, 9.17) is 18.9 Å². The van der Waals surface area contributed by atoms with Crippen LogP contribution in [0, 0.1) is 0 Å². The number of hydrogen-bond acceptors (Lipinski definition) is 15. The molecule has 0 aliphatic carbocycles. The van der Waals surface area contributed by atoms with Crippen LogP contribution in [-0.4, -0.2) is 135 Å². The molecule has 1 aromatic rings. The Morgan fingerprint density at radius 3 is 2.49 bits per heavy atom. The number of rotatable bonds is 7. The minimum atomic E-state index is -1.75. The Labute approximate surface area is 227 Å². The van der Waals surface area contributed by atoms with Gasteiger partial charge in [-0.1, -0.05) is 23.9 Å². The quantitative estimate of drug-likeness (QED) is 0.154. The normalized spacial score (nSPS) is 37.9. The van der Waals surface area contributed by atoms with Crippen LogP contribution in [0.4, 0.5) is 0 Å². The van der Waals surface area contributed by atoms with E-state index in [-0.39, 0.29) is 0 Å². The van der Waals surface area contributed by atoms with Crippen molar-refractivity contribution in [1.29, 1.82) is 0 Å². The molecule has 3 aliphatic rings. The fourth-order valence-electron chi connectivity index (χ4n) is 4.38. The van der Waals surface area contributed by atoms with E-state index in [0.29, 0.717) is 17.3 Å². The van der Waals surface area contributed by atoms with Crippen LogP contribution in [0.15, 0.2) is 34.2 Å². The van der Waals surface area contributed by atoms with Gasteiger partial charge in [0.1, 0.15) is 48.8 Å². The number of nitrogens with one attached hydrogen (secondary N) is 1. The number of amidine groups is 1. The van der Waals surface area contributed by atoms with Gasteiger partial charge in [0.05, 0.1) is 32.4 Å². The van der Waals surface area contributed by atoms with Crippen LogP contribution in [0.1, 0.15) is 15.9 Å². The van der Waals surface area contributed by atoms with Crippen molar-refractivity contribution in [1.82, 2.24) is 5.32 Å². The number of aliphatic hydroxyl groups excluding tert-OH is 7. The van der Waals surface area contributed by atoms with Crippen molar-refractivity contribution in [2.45, 2.75) is 61.3 Å². The zero-order valence-electron chi connectivity index (χ0n) is 20.8. The van der Waals surface area contributed by atoms with Gasteiger partial charge in [0, 0.05) is 4.91 Å². The van der Waals surface area contributed by atoms with E-state index in [2.05, 4.69) is 10.3 Å². The van der Waals surface area contributed by atoms with Crippen LogP contribution in [0.5, 0.6) is 0 Å². The van der Waals surface area contributed by atoms with Crippen LogP contribution in [0.25, 0.3) is 6.08 Å². The van der Waals surface area contributed by atoms with Gasteiger partial charge < -0.3 is 60.0 Å². The van der Waals surface area contributed by atoms with Gasteiger partial charge in [-0.2, -0.15) is 0 Å². The van der Waals surface area contributed by atoms with Crippen LogP contribution in [0.2, 0.25) is 0 Å². The molecule has 2 fully saturated rings. The van der Waals surface area contributed by atoms with Gasteiger partial charge in [-0.05, 0) is 23.8 Å². The van der Waals surface area contributed by atoms with E-state index in [1.165, 1.54) is 18.9 Å². The summed E-state index contributed by atoms with van der Waals surface area (Å²) >= 11 is 1.25. The van der Waals surface area contributed by atoms with Gasteiger partial charge in [-0.15, -0.1) is 0 Å². The van der Waals surface area contributed by atoms with Gasteiger partial charge in [0.25, 0.3) is 0 Å². The highest BCUT2D eigenvalue weighted by molar-refractivity contribution is 8.17. The minimum absolute atomic E-state index is 0.313. The number of ether oxygens (including phenoxy) is 4. The molecule has 3 aliphatic heterocycles. The number of aliphatic imine (C=N–C) groups is 1. The lowest BCUT2D eigenvalue weighted by atomic mass is 9.96. The topological polar surface area (TPSA) is 220 Å². The van der Waals surface area contributed by atoms with Crippen molar-refractivity contribution in [3.05, 3.63) is 40.3 Å². The third kappa shape index (κ3) is 6.61. The number of esters is 1. The molecule has 39 heavy (non-hydrogen) atoms. The smallest absolute Gasteiger partial charge is 0.337 e. The predicted molar refractivity (Wildman–Crippen MR) is 135 cm³/mol. The van der Waals surface area contributed by atoms with E-state index < -0.39 is 80.5 Å². The summed E-state index contributed by atoms with van der Waals surface area (Å²) in [5.74, 6) is -0.456. The Morgan fingerprint density at radius 1 is 1.05 bits per heavy atom. The molecular weight excluding hydrogens is 540 g/mol. The van der Waals surface area contributed by atoms with Crippen molar-refractivity contribution in [3.63, 3.8) is 0 Å². The molecule has 0 bridgehead atoms. The number of benzene rings is 1. The maximum atomic E-state index is 11.8. The average Bonchev–Trinajstić information content (AvgIpc) is 3.38. The summed E-state index contributed by atoms with van der Waals surface area (Å²) in [4.78, 5) is 17.0. The molecule has 0 unspecified atom stereocenters. The molecule has 2 saturated heterocycles. The number of carbonyl (C=O) groups is 1. The van der Waals surface area contributed by atoms with Crippen molar-refractivity contribution in [3.8, 4) is 0 Å². The zero-order chi connectivity index (χ0) is 28.3. The van der Waals surface area contributed by atoms with Crippen LogP contribution in [-0.2, 0) is 18.9 Å². The Kier molecular flexibility index (Phi) is 9.95. The second-order valence-electron chi connectivity index (χ2n) is 9.15. The number of thioether (sulfide) groups is 1. The van der Waals surface area contributed by atoms with E-state index >= 15 is 0 Å². The van der Waals surface area contributed by atoms with Crippen LogP contribution >= 0.6 is 11.8 Å². The molecule has 15 heteroatoms. The number of nitrogens with zero attached hydrogens (tertiary/aromatic N) is 1. The Balaban J connectivity index is 1.38. The molecule has 1 aromatic carbocycles. The first-order chi connectivity index (χ1) is 18.7. The fourth-order valence-corrected chi connectivity index (χ4v) is 5.25. The maximum Gasteiger partial charge on any atom is 0.337 e. The maximum absolute atomic E-state index is 11.8. The lowest BCUT2D eigenvalue weighted by Crippen LogP contribution is -2.66. The second-order valence-corrected chi connectivity index (χ2v) is 10.3. The Bertz CT molecular complexity index is 1070. The van der Waals surface area contributed by atoms with E-state index in [9.17, 15) is 40.5 Å². The molecule has 0 radical (unpaired) electrons. The fraction of sp³-hybridized carbons (Fsp3) is 0.583. The highest BCUT2D eigenvalue weighted by atomic mass is 32.2. The highest BCUT2D eigenvalue weighted by Crippen LogP contribution is 2.31. The van der Waals surface area contributed by atoms with Crippen molar-refractivity contribution in [2.75, 3.05) is 26.9 Å². The molecule has 4 rings (SSSR count). The molecule has 0 amide bonds. The molecule has 216 valence electrons. The lowest BCUT2D eigenvalue weighted by molar-refractivity contribution is -0.342. The van der Waals surface area contributed by atoms with Crippen LogP contribution < -0.4 is 5.32 Å². The van der Waals surface area contributed by atoms with Crippen molar-refractivity contribution < 1.29 is 59.5 Å². The predicted octanol–water partition coefficient (Wildman–Crippen LogP) is -2.87. The molecule has 0 spiro atoms. The van der Waals surface area contributed by atoms with E-state index in [0.717, 1.165) is 10.5 Å². The van der Waals surface area contributed by atoms with E-state index in [1.807, 2.05) is 12.1 Å². The molecular formula is C24H32N2O12S. The standard InChI is InChI=1S/C24H32N2O12S/c1-35-22(34)11-4-2-3-10(5-11)6-12-7-25-24(39-12)26-21-18(32)17(31)20(14(9-28)36-21)38-23-19(33)16(30)15(29)13(8-27)37-23/h2-6,13-21,23,27-33H,7-9H2,1H3,(H,25,26)/b12-6+/t13-,14-,15+,16+,17-,18-,19-,20-,21-,23+/m1/s1. The van der Waals surface area contributed by atoms with Gasteiger partial charge >= 0.3 is 5.97 Å². The van der Waals surface area contributed by atoms with Gasteiger partial charge in [-0.3, -0.25) is 4.99 Å². The third-order valence-electron chi connectivity index (χ3n) is 6.51. The summed E-state index contributed by atoms with van der Waals surface area (Å²) in [5.41, 5.74) is 1.16. The summed E-state index contributed by atoms with van der Waals surface area (Å²) < 4.78 is 21.3. The van der Waals surface area contributed by atoms with E-state index in [1.54, 1.807) is 18.2 Å². The number of methoxy groups -OCH3 is 1. The second kappa shape index (κ2) is 13.0. The monoisotopic (exact) mass is 572 g/mol.